The molecule has 0 bridgehead atoms. The van der Waals surface area contributed by atoms with Gasteiger partial charge in [0.05, 0.1) is 28.2 Å². The summed E-state index contributed by atoms with van der Waals surface area (Å²) >= 11 is 6.18. The number of aromatic hydroxyl groups is 2. The number of nitrogens with zero attached hydrogens (tertiary/aromatic N) is 2. The summed E-state index contributed by atoms with van der Waals surface area (Å²) in [6, 6.07) is 11.4. The number of carbonyl (C=O) groups is 1. The number of halogens is 1. The molecule has 0 atom stereocenters. The molecule has 110 valence electrons. The highest BCUT2D eigenvalue weighted by molar-refractivity contribution is 6.32. The summed E-state index contributed by atoms with van der Waals surface area (Å²) in [6.45, 7) is 0. The van der Waals surface area contributed by atoms with Crippen LogP contribution in [0.25, 0.3) is 16.9 Å². The summed E-state index contributed by atoms with van der Waals surface area (Å²) in [5, 5.41) is 24.4. The standard InChI is InChI=1S/C16H11ClN2O3/c17-12-3-1-2-4-14(12)19-13(5-6-18-19)11-7-10(9-20)15(21)8-16(11)22/h1-9,21-22H. The first kappa shape index (κ1) is 14.2. The minimum absolute atomic E-state index is 0.0831. The van der Waals surface area contributed by atoms with Gasteiger partial charge in [0.15, 0.2) is 6.29 Å². The summed E-state index contributed by atoms with van der Waals surface area (Å²) in [5.41, 5.74) is 1.65. The second kappa shape index (κ2) is 5.54. The van der Waals surface area contributed by atoms with E-state index >= 15 is 0 Å². The highest BCUT2D eigenvalue weighted by atomic mass is 35.5. The molecule has 22 heavy (non-hydrogen) atoms. The molecule has 0 aliphatic rings. The number of phenolic OH excluding ortho intramolecular Hbond substituents is 2. The molecule has 0 aliphatic carbocycles. The molecule has 2 N–H and O–H groups in total. The second-order valence-corrected chi connectivity index (χ2v) is 5.03. The molecule has 2 aromatic carbocycles. The topological polar surface area (TPSA) is 75.4 Å². The van der Waals surface area contributed by atoms with Crippen molar-refractivity contribution in [3.05, 3.63) is 59.2 Å². The fourth-order valence-electron chi connectivity index (χ4n) is 2.22. The zero-order chi connectivity index (χ0) is 15.7. The van der Waals surface area contributed by atoms with Crippen LogP contribution < -0.4 is 0 Å². The number of benzene rings is 2. The van der Waals surface area contributed by atoms with Crippen molar-refractivity contribution < 1.29 is 15.0 Å². The lowest BCUT2D eigenvalue weighted by Crippen LogP contribution is -2.00. The number of hydrogen-bond donors (Lipinski definition) is 2. The molecule has 0 saturated carbocycles. The van der Waals surface area contributed by atoms with Crippen LogP contribution in [-0.4, -0.2) is 26.3 Å². The maximum atomic E-state index is 11.0. The number of para-hydroxylation sites is 1. The molecular weight excluding hydrogens is 304 g/mol. The van der Waals surface area contributed by atoms with Gasteiger partial charge in [0.1, 0.15) is 11.5 Å². The van der Waals surface area contributed by atoms with E-state index in [0.717, 1.165) is 6.07 Å². The lowest BCUT2D eigenvalue weighted by molar-refractivity contribution is 0.112. The van der Waals surface area contributed by atoms with Crippen molar-refractivity contribution >= 4 is 17.9 Å². The van der Waals surface area contributed by atoms with Crippen LogP contribution in [-0.2, 0) is 0 Å². The van der Waals surface area contributed by atoms with Gasteiger partial charge in [0.2, 0.25) is 0 Å². The predicted octanol–water partition coefficient (Wildman–Crippen LogP) is 3.42. The molecule has 0 amide bonds. The normalized spacial score (nSPS) is 10.6. The van der Waals surface area contributed by atoms with Crippen molar-refractivity contribution in [1.82, 2.24) is 9.78 Å². The zero-order valence-corrected chi connectivity index (χ0v) is 12.0. The van der Waals surface area contributed by atoms with Gasteiger partial charge in [-0.25, -0.2) is 4.68 Å². The second-order valence-electron chi connectivity index (χ2n) is 4.63. The van der Waals surface area contributed by atoms with Crippen LogP contribution in [0.3, 0.4) is 0 Å². The Morgan fingerprint density at radius 2 is 1.86 bits per heavy atom. The Morgan fingerprint density at radius 3 is 2.59 bits per heavy atom. The Hall–Kier alpha value is -2.79. The van der Waals surface area contributed by atoms with Crippen LogP contribution in [0.15, 0.2) is 48.7 Å². The van der Waals surface area contributed by atoms with Gasteiger partial charge < -0.3 is 10.2 Å². The van der Waals surface area contributed by atoms with E-state index in [1.54, 1.807) is 35.1 Å². The van der Waals surface area contributed by atoms with Crippen LogP contribution in [0.4, 0.5) is 0 Å². The molecule has 3 aromatic rings. The molecule has 6 heteroatoms. The Labute approximate surface area is 131 Å². The van der Waals surface area contributed by atoms with Crippen molar-refractivity contribution in [2.45, 2.75) is 0 Å². The summed E-state index contributed by atoms with van der Waals surface area (Å²) in [6.07, 6.45) is 2.08. The smallest absolute Gasteiger partial charge is 0.153 e. The molecule has 5 nitrogen and oxygen atoms in total. The van der Waals surface area contributed by atoms with Gasteiger partial charge in [-0.1, -0.05) is 23.7 Å². The maximum Gasteiger partial charge on any atom is 0.153 e. The number of phenols is 2. The third-order valence-electron chi connectivity index (χ3n) is 3.27. The number of aromatic nitrogens is 2. The van der Waals surface area contributed by atoms with Crippen molar-refractivity contribution in [2.24, 2.45) is 0 Å². The van der Waals surface area contributed by atoms with E-state index in [0.29, 0.717) is 28.3 Å². The van der Waals surface area contributed by atoms with Gasteiger partial charge in [0, 0.05) is 11.6 Å². The average molecular weight is 315 g/mol. The Kier molecular flexibility index (Phi) is 3.56. The van der Waals surface area contributed by atoms with E-state index in [9.17, 15) is 15.0 Å². The van der Waals surface area contributed by atoms with Gasteiger partial charge in [0.25, 0.3) is 0 Å². The minimum atomic E-state index is -0.278. The van der Waals surface area contributed by atoms with Gasteiger partial charge in [-0.05, 0) is 24.3 Å². The Morgan fingerprint density at radius 1 is 1.09 bits per heavy atom. The van der Waals surface area contributed by atoms with Crippen LogP contribution in [0, 0.1) is 0 Å². The molecule has 0 saturated heterocycles. The van der Waals surface area contributed by atoms with Crippen LogP contribution in [0.5, 0.6) is 11.5 Å². The van der Waals surface area contributed by atoms with E-state index < -0.39 is 0 Å². The summed E-state index contributed by atoms with van der Waals surface area (Å²) in [5.74, 6) is -0.433. The molecular formula is C16H11ClN2O3. The largest absolute Gasteiger partial charge is 0.507 e. The van der Waals surface area contributed by atoms with E-state index in [1.165, 1.54) is 6.07 Å². The predicted molar refractivity (Wildman–Crippen MR) is 82.7 cm³/mol. The van der Waals surface area contributed by atoms with Crippen LogP contribution >= 0.6 is 11.6 Å². The van der Waals surface area contributed by atoms with Gasteiger partial charge >= 0.3 is 0 Å². The molecule has 1 aromatic heterocycles. The minimum Gasteiger partial charge on any atom is -0.507 e. The molecule has 0 fully saturated rings. The summed E-state index contributed by atoms with van der Waals surface area (Å²) < 4.78 is 1.56. The average Bonchev–Trinajstić information content (AvgIpc) is 2.97. The molecule has 3 rings (SSSR count). The number of hydrogen-bond acceptors (Lipinski definition) is 4. The van der Waals surface area contributed by atoms with Crippen molar-refractivity contribution in [3.8, 4) is 28.4 Å². The van der Waals surface area contributed by atoms with Crippen molar-refractivity contribution in [2.75, 3.05) is 0 Å². The van der Waals surface area contributed by atoms with Gasteiger partial charge in [-0.3, -0.25) is 4.79 Å². The number of carbonyl (C=O) groups excluding carboxylic acids is 1. The van der Waals surface area contributed by atoms with E-state index in [1.807, 2.05) is 6.07 Å². The van der Waals surface area contributed by atoms with E-state index in [2.05, 4.69) is 5.10 Å². The first-order valence-electron chi connectivity index (χ1n) is 6.42. The van der Waals surface area contributed by atoms with E-state index in [4.69, 9.17) is 11.6 Å². The molecule has 1 heterocycles. The fraction of sp³-hybridized carbons (Fsp3) is 0. The lowest BCUT2D eigenvalue weighted by atomic mass is 10.1. The first-order valence-corrected chi connectivity index (χ1v) is 6.80. The Balaban J connectivity index is 2.22. The highest BCUT2D eigenvalue weighted by Crippen LogP contribution is 2.35. The number of aldehydes is 1. The van der Waals surface area contributed by atoms with Gasteiger partial charge in [-0.15, -0.1) is 0 Å². The van der Waals surface area contributed by atoms with Crippen molar-refractivity contribution in [3.63, 3.8) is 0 Å². The quantitative estimate of drug-likeness (QED) is 0.726. The maximum absolute atomic E-state index is 11.0. The van der Waals surface area contributed by atoms with E-state index in [-0.39, 0.29) is 17.1 Å². The van der Waals surface area contributed by atoms with Crippen LogP contribution in [0.1, 0.15) is 10.4 Å². The van der Waals surface area contributed by atoms with Crippen molar-refractivity contribution in [1.29, 1.82) is 0 Å². The monoisotopic (exact) mass is 314 g/mol. The first-order chi connectivity index (χ1) is 10.6. The molecule has 0 spiro atoms. The zero-order valence-electron chi connectivity index (χ0n) is 11.3. The number of rotatable bonds is 3. The molecule has 0 aliphatic heterocycles. The molecule has 0 radical (unpaired) electrons. The summed E-state index contributed by atoms with van der Waals surface area (Å²) in [4.78, 5) is 11.0. The third kappa shape index (κ3) is 2.31. The lowest BCUT2D eigenvalue weighted by Gasteiger charge is -2.11. The SMILES string of the molecule is O=Cc1cc(-c2ccnn2-c2ccccc2Cl)c(O)cc1O. The summed E-state index contributed by atoms with van der Waals surface area (Å²) in [7, 11) is 0. The molecule has 0 unspecified atom stereocenters. The highest BCUT2D eigenvalue weighted by Gasteiger charge is 2.16. The van der Waals surface area contributed by atoms with Crippen LogP contribution in [0.2, 0.25) is 5.02 Å². The Bertz CT molecular complexity index is 858. The van der Waals surface area contributed by atoms with Gasteiger partial charge in [-0.2, -0.15) is 5.10 Å². The third-order valence-corrected chi connectivity index (χ3v) is 3.59. The fourth-order valence-corrected chi connectivity index (χ4v) is 2.43.